The maximum atomic E-state index is 13.0. The molecule has 1 aliphatic rings. The van der Waals surface area contributed by atoms with Crippen LogP contribution in [-0.4, -0.2) is 56.6 Å². The van der Waals surface area contributed by atoms with E-state index in [0.717, 1.165) is 40.8 Å². The number of aromatic nitrogens is 3. The van der Waals surface area contributed by atoms with Gasteiger partial charge in [0.1, 0.15) is 0 Å². The predicted molar refractivity (Wildman–Crippen MR) is 142 cm³/mol. The summed E-state index contributed by atoms with van der Waals surface area (Å²) in [5, 5.41) is 14.8. The van der Waals surface area contributed by atoms with E-state index >= 15 is 0 Å². The molecule has 0 aliphatic carbocycles. The van der Waals surface area contributed by atoms with Crippen molar-refractivity contribution in [1.82, 2.24) is 25.0 Å². The van der Waals surface area contributed by atoms with Crippen LogP contribution in [-0.2, 0) is 24.3 Å². The first-order chi connectivity index (χ1) is 17.8. The molecule has 11 heteroatoms. The minimum atomic E-state index is -0.393. The molecule has 1 aliphatic heterocycles. The zero-order valence-corrected chi connectivity index (χ0v) is 21.5. The Morgan fingerprint density at radius 3 is 2.41 bits per heavy atom. The van der Waals surface area contributed by atoms with E-state index < -0.39 is 6.03 Å². The maximum Gasteiger partial charge on any atom is 0.314 e. The van der Waals surface area contributed by atoms with Crippen molar-refractivity contribution in [3.63, 3.8) is 0 Å². The third-order valence-electron chi connectivity index (χ3n) is 6.65. The number of primary amides is 1. The number of hydrogen-bond donors (Lipinski definition) is 4. The number of piperidine rings is 1. The van der Waals surface area contributed by atoms with Gasteiger partial charge in [0.15, 0.2) is 5.65 Å². The summed E-state index contributed by atoms with van der Waals surface area (Å²) in [5.74, 6) is -0.389. The Labute approximate surface area is 215 Å². The summed E-state index contributed by atoms with van der Waals surface area (Å²) in [4.78, 5) is 42.3. The van der Waals surface area contributed by atoms with Crippen molar-refractivity contribution < 1.29 is 14.4 Å². The second-order valence-electron chi connectivity index (χ2n) is 9.15. The topological polar surface area (TPSA) is 147 Å². The first kappa shape index (κ1) is 25.9. The molecule has 37 heavy (non-hydrogen) atoms. The van der Waals surface area contributed by atoms with Crippen molar-refractivity contribution in [2.24, 2.45) is 5.73 Å². The number of nitrogens with two attached hydrogens (primary N) is 1. The fourth-order valence-electron chi connectivity index (χ4n) is 4.68. The standard InChI is InChI=1S/C26H34N8O3/c1-4-22-20(14-28-25(36)17-6-8-18(9-7-17)30-16(3)35)23(21-15-29-34(5-2)24(21)32-22)31-19-10-12-33(13-11-19)26(27)37/h6-9,15,19H,4-5,10-14H2,1-3H3,(H2,27,37)(H,28,36)(H,30,35)(H,31,32). The number of rotatable bonds is 8. The number of aryl methyl sites for hydroxylation is 2. The molecular weight excluding hydrogens is 472 g/mol. The Balaban J connectivity index is 1.59. The lowest BCUT2D eigenvalue weighted by Crippen LogP contribution is -2.44. The van der Waals surface area contributed by atoms with Crippen LogP contribution in [0, 0.1) is 0 Å². The minimum absolute atomic E-state index is 0.145. The summed E-state index contributed by atoms with van der Waals surface area (Å²) >= 11 is 0. The lowest BCUT2D eigenvalue weighted by molar-refractivity contribution is -0.114. The summed E-state index contributed by atoms with van der Waals surface area (Å²) in [5.41, 5.74) is 10.1. The van der Waals surface area contributed by atoms with Gasteiger partial charge in [0.25, 0.3) is 5.91 Å². The minimum Gasteiger partial charge on any atom is -0.381 e. The summed E-state index contributed by atoms with van der Waals surface area (Å²) in [7, 11) is 0. The summed E-state index contributed by atoms with van der Waals surface area (Å²) in [6.07, 6.45) is 4.04. The van der Waals surface area contributed by atoms with Gasteiger partial charge in [0.05, 0.1) is 17.3 Å². The fraction of sp³-hybridized carbons (Fsp3) is 0.423. The molecule has 1 fully saturated rings. The van der Waals surface area contributed by atoms with Crippen LogP contribution in [0.2, 0.25) is 0 Å². The number of amides is 4. The van der Waals surface area contributed by atoms with Crippen LogP contribution < -0.4 is 21.7 Å². The molecule has 196 valence electrons. The predicted octanol–water partition coefficient (Wildman–Crippen LogP) is 2.86. The highest BCUT2D eigenvalue weighted by molar-refractivity contribution is 5.96. The Morgan fingerprint density at radius 1 is 1.11 bits per heavy atom. The number of pyridine rings is 1. The lowest BCUT2D eigenvalue weighted by Gasteiger charge is -2.32. The Kier molecular flexibility index (Phi) is 7.90. The molecular formula is C26H34N8O3. The van der Waals surface area contributed by atoms with Crippen LogP contribution in [0.25, 0.3) is 11.0 Å². The molecule has 4 amide bonds. The summed E-state index contributed by atoms with van der Waals surface area (Å²) in [6.45, 7) is 7.68. The van der Waals surface area contributed by atoms with Crippen molar-refractivity contribution >= 4 is 40.3 Å². The second kappa shape index (κ2) is 11.3. The number of benzene rings is 1. The number of nitrogens with one attached hydrogen (secondary N) is 3. The van der Waals surface area contributed by atoms with E-state index in [1.165, 1.54) is 6.92 Å². The van der Waals surface area contributed by atoms with Crippen LogP contribution in [0.5, 0.6) is 0 Å². The molecule has 0 atom stereocenters. The molecule has 11 nitrogen and oxygen atoms in total. The molecule has 0 bridgehead atoms. The van der Waals surface area contributed by atoms with Gasteiger partial charge in [-0.05, 0) is 50.5 Å². The number of urea groups is 1. The van der Waals surface area contributed by atoms with Crippen molar-refractivity contribution in [1.29, 1.82) is 0 Å². The van der Waals surface area contributed by atoms with E-state index in [9.17, 15) is 14.4 Å². The van der Waals surface area contributed by atoms with Gasteiger partial charge in [-0.15, -0.1) is 0 Å². The summed E-state index contributed by atoms with van der Waals surface area (Å²) < 4.78 is 1.87. The molecule has 3 heterocycles. The largest absolute Gasteiger partial charge is 0.381 e. The van der Waals surface area contributed by atoms with Crippen LogP contribution in [0.4, 0.5) is 16.2 Å². The molecule has 0 unspecified atom stereocenters. The van der Waals surface area contributed by atoms with Gasteiger partial charge in [0, 0.05) is 61.7 Å². The van der Waals surface area contributed by atoms with Crippen LogP contribution in [0.1, 0.15) is 55.2 Å². The second-order valence-corrected chi connectivity index (χ2v) is 9.15. The number of likely N-dealkylation sites (tertiary alicyclic amines) is 1. The lowest BCUT2D eigenvalue weighted by atomic mass is 10.0. The van der Waals surface area contributed by atoms with E-state index in [1.807, 2.05) is 24.7 Å². The first-order valence-corrected chi connectivity index (χ1v) is 12.6. The van der Waals surface area contributed by atoms with Crippen molar-refractivity contribution in [3.05, 3.63) is 47.3 Å². The molecule has 4 rings (SSSR count). The van der Waals surface area contributed by atoms with Gasteiger partial charge >= 0.3 is 6.03 Å². The van der Waals surface area contributed by atoms with Gasteiger partial charge in [-0.3, -0.25) is 9.59 Å². The van der Waals surface area contributed by atoms with Gasteiger partial charge in [-0.25, -0.2) is 14.5 Å². The fourth-order valence-corrected chi connectivity index (χ4v) is 4.68. The number of hydrogen-bond acceptors (Lipinski definition) is 6. The Morgan fingerprint density at radius 2 is 1.81 bits per heavy atom. The number of anilines is 2. The number of nitrogens with zero attached hydrogens (tertiary/aromatic N) is 4. The van der Waals surface area contributed by atoms with E-state index in [2.05, 4.69) is 21.0 Å². The highest BCUT2D eigenvalue weighted by atomic mass is 16.2. The highest BCUT2D eigenvalue weighted by Crippen LogP contribution is 2.31. The molecule has 0 spiro atoms. The normalized spacial score (nSPS) is 14.0. The van der Waals surface area contributed by atoms with Crippen LogP contribution >= 0.6 is 0 Å². The van der Waals surface area contributed by atoms with E-state index in [1.54, 1.807) is 29.2 Å². The third kappa shape index (κ3) is 5.82. The highest BCUT2D eigenvalue weighted by Gasteiger charge is 2.25. The van der Waals surface area contributed by atoms with Crippen LogP contribution in [0.3, 0.4) is 0 Å². The van der Waals surface area contributed by atoms with E-state index in [-0.39, 0.29) is 24.4 Å². The quantitative estimate of drug-likeness (QED) is 0.369. The van der Waals surface area contributed by atoms with Gasteiger partial charge < -0.3 is 26.6 Å². The monoisotopic (exact) mass is 506 g/mol. The zero-order chi connectivity index (χ0) is 26.5. The maximum absolute atomic E-state index is 13.0. The first-order valence-electron chi connectivity index (χ1n) is 12.6. The van der Waals surface area contributed by atoms with E-state index in [4.69, 9.17) is 10.7 Å². The van der Waals surface area contributed by atoms with E-state index in [0.29, 0.717) is 37.3 Å². The van der Waals surface area contributed by atoms with Gasteiger partial charge in [0.2, 0.25) is 5.91 Å². The molecule has 3 aromatic rings. The average Bonchev–Trinajstić information content (AvgIpc) is 3.30. The Bertz CT molecular complexity index is 1290. The SMILES string of the molecule is CCc1nc2c(cnn2CC)c(NC2CCN(C(N)=O)CC2)c1CNC(=O)c1ccc(NC(C)=O)cc1. The molecule has 1 aromatic carbocycles. The number of fused-ring (bicyclic) bond motifs is 1. The van der Waals surface area contributed by atoms with Crippen molar-refractivity contribution in [3.8, 4) is 0 Å². The zero-order valence-electron chi connectivity index (χ0n) is 21.5. The summed E-state index contributed by atoms with van der Waals surface area (Å²) in [6, 6.07) is 6.51. The van der Waals surface area contributed by atoms with Crippen molar-refractivity contribution in [2.45, 2.75) is 59.2 Å². The molecule has 5 N–H and O–H groups in total. The average molecular weight is 507 g/mol. The van der Waals surface area contributed by atoms with Crippen LogP contribution in [0.15, 0.2) is 30.5 Å². The number of carbonyl (C=O) groups excluding carboxylic acids is 3. The van der Waals surface area contributed by atoms with Crippen molar-refractivity contribution in [2.75, 3.05) is 23.7 Å². The molecule has 2 aromatic heterocycles. The van der Waals surface area contributed by atoms with Gasteiger partial charge in [-0.1, -0.05) is 6.92 Å². The third-order valence-corrected chi connectivity index (χ3v) is 6.65. The molecule has 1 saturated heterocycles. The smallest absolute Gasteiger partial charge is 0.314 e. The Hall–Kier alpha value is -4.15. The molecule has 0 saturated carbocycles. The molecule has 0 radical (unpaired) electrons. The number of carbonyl (C=O) groups is 3. The van der Waals surface area contributed by atoms with Gasteiger partial charge in [-0.2, -0.15) is 5.10 Å².